The minimum atomic E-state index is -2.46. The number of halogens is 2. The van der Waals surface area contributed by atoms with E-state index in [0.717, 1.165) is 45.4 Å². The molecule has 0 spiro atoms. The standard InChI is InChI=1S/C12H17F2N/c1-8(13,14)9-2-10(3-9,4-9)11-5-12(15,6-11)7-11/h2-7,15H2,1H3. The van der Waals surface area contributed by atoms with Crippen molar-refractivity contribution >= 4 is 0 Å². The quantitative estimate of drug-likeness (QED) is 0.749. The number of rotatable bonds is 2. The van der Waals surface area contributed by atoms with Crippen LogP contribution in [0.3, 0.4) is 0 Å². The average molecular weight is 213 g/mol. The minimum Gasteiger partial charge on any atom is -0.325 e. The summed E-state index contributed by atoms with van der Waals surface area (Å²) >= 11 is 0. The number of hydrogen-bond donors (Lipinski definition) is 1. The van der Waals surface area contributed by atoms with Crippen LogP contribution in [0.5, 0.6) is 0 Å². The molecule has 0 amide bonds. The molecule has 6 aliphatic rings. The summed E-state index contributed by atoms with van der Waals surface area (Å²) in [5.74, 6) is -2.46. The first-order chi connectivity index (χ1) is 6.74. The van der Waals surface area contributed by atoms with E-state index in [0.29, 0.717) is 10.8 Å². The molecule has 15 heavy (non-hydrogen) atoms. The lowest BCUT2D eigenvalue weighted by Gasteiger charge is -2.87. The molecule has 0 saturated heterocycles. The molecule has 0 radical (unpaired) electrons. The van der Waals surface area contributed by atoms with Crippen molar-refractivity contribution in [3.8, 4) is 0 Å². The molecule has 4 bridgehead atoms. The summed E-state index contributed by atoms with van der Waals surface area (Å²) in [6, 6.07) is 0. The number of hydrogen-bond acceptors (Lipinski definition) is 1. The zero-order valence-corrected chi connectivity index (χ0v) is 9.08. The van der Waals surface area contributed by atoms with Gasteiger partial charge in [0.2, 0.25) is 0 Å². The SMILES string of the molecule is CC(F)(F)C12CC(C34CC(N)(C3)C4)(C1)C2. The zero-order chi connectivity index (χ0) is 10.7. The van der Waals surface area contributed by atoms with Crippen molar-refractivity contribution in [3.63, 3.8) is 0 Å². The Morgan fingerprint density at radius 3 is 1.67 bits per heavy atom. The van der Waals surface area contributed by atoms with Crippen molar-refractivity contribution in [2.75, 3.05) is 0 Å². The second-order valence-electron chi connectivity index (χ2n) is 7.15. The van der Waals surface area contributed by atoms with Crippen LogP contribution in [0.4, 0.5) is 8.78 Å². The zero-order valence-electron chi connectivity index (χ0n) is 9.08. The third kappa shape index (κ3) is 0.667. The van der Waals surface area contributed by atoms with Gasteiger partial charge in [-0.25, -0.2) is 8.78 Å². The summed E-state index contributed by atoms with van der Waals surface area (Å²) in [6.07, 6.45) is 5.68. The maximum absolute atomic E-state index is 13.3. The van der Waals surface area contributed by atoms with Gasteiger partial charge in [-0.3, -0.25) is 0 Å². The lowest BCUT2D eigenvalue weighted by molar-refractivity contribution is -0.399. The molecule has 0 aromatic rings. The first kappa shape index (κ1) is 8.91. The summed E-state index contributed by atoms with van der Waals surface area (Å²) < 4.78 is 26.7. The van der Waals surface area contributed by atoms with E-state index in [4.69, 9.17) is 5.73 Å². The molecule has 0 aliphatic heterocycles. The molecular formula is C12H17F2N. The van der Waals surface area contributed by atoms with Crippen molar-refractivity contribution in [1.82, 2.24) is 0 Å². The fourth-order valence-corrected chi connectivity index (χ4v) is 5.24. The first-order valence-electron chi connectivity index (χ1n) is 5.91. The largest absolute Gasteiger partial charge is 0.325 e. The maximum Gasteiger partial charge on any atom is 0.250 e. The van der Waals surface area contributed by atoms with Crippen molar-refractivity contribution in [2.24, 2.45) is 22.0 Å². The Bertz CT molecular complexity index is 329. The Morgan fingerprint density at radius 1 is 0.933 bits per heavy atom. The first-order valence-corrected chi connectivity index (χ1v) is 5.91. The van der Waals surface area contributed by atoms with Crippen molar-refractivity contribution in [3.05, 3.63) is 0 Å². The van der Waals surface area contributed by atoms with E-state index in [2.05, 4.69) is 0 Å². The minimum absolute atomic E-state index is 0.122. The second kappa shape index (κ2) is 1.77. The van der Waals surface area contributed by atoms with Gasteiger partial charge in [0, 0.05) is 11.0 Å². The predicted octanol–water partition coefficient (Wildman–Crippen LogP) is 2.69. The Morgan fingerprint density at radius 2 is 1.33 bits per heavy atom. The highest BCUT2D eigenvalue weighted by atomic mass is 19.3. The van der Waals surface area contributed by atoms with E-state index >= 15 is 0 Å². The second-order valence-corrected chi connectivity index (χ2v) is 7.15. The van der Waals surface area contributed by atoms with Gasteiger partial charge in [-0.15, -0.1) is 0 Å². The molecule has 0 heterocycles. The van der Waals surface area contributed by atoms with E-state index in [9.17, 15) is 8.78 Å². The molecule has 6 aliphatic carbocycles. The molecule has 0 aromatic carbocycles. The molecule has 0 atom stereocenters. The third-order valence-corrected chi connectivity index (χ3v) is 6.16. The normalized spacial score (nSPS) is 64.8. The van der Waals surface area contributed by atoms with Crippen molar-refractivity contribution in [1.29, 1.82) is 0 Å². The van der Waals surface area contributed by atoms with E-state index in [1.807, 2.05) is 0 Å². The van der Waals surface area contributed by atoms with Gasteiger partial charge in [-0.05, 0) is 56.3 Å². The molecule has 1 nitrogen and oxygen atoms in total. The molecule has 3 heteroatoms. The van der Waals surface area contributed by atoms with Gasteiger partial charge in [0.05, 0.1) is 0 Å². The smallest absolute Gasteiger partial charge is 0.250 e. The highest BCUT2D eigenvalue weighted by Crippen LogP contribution is 2.90. The molecule has 6 saturated carbocycles. The van der Waals surface area contributed by atoms with Gasteiger partial charge in [-0.2, -0.15) is 0 Å². The van der Waals surface area contributed by atoms with Crippen LogP contribution in [0.2, 0.25) is 0 Å². The number of alkyl halides is 2. The molecule has 84 valence electrons. The summed E-state index contributed by atoms with van der Waals surface area (Å²) in [5.41, 5.74) is 6.26. The molecule has 0 unspecified atom stereocenters. The average Bonchev–Trinajstić information content (AvgIpc) is 1.69. The highest BCUT2D eigenvalue weighted by Gasteiger charge is 2.86. The van der Waals surface area contributed by atoms with Gasteiger partial charge in [0.25, 0.3) is 5.92 Å². The molecule has 2 N–H and O–H groups in total. The summed E-state index contributed by atoms with van der Waals surface area (Å²) in [7, 11) is 0. The fraction of sp³-hybridized carbons (Fsp3) is 1.00. The van der Waals surface area contributed by atoms with E-state index in [-0.39, 0.29) is 5.54 Å². The Kier molecular flexibility index (Phi) is 1.05. The van der Waals surface area contributed by atoms with Crippen LogP contribution >= 0.6 is 0 Å². The maximum atomic E-state index is 13.3. The van der Waals surface area contributed by atoms with Crippen LogP contribution in [0.1, 0.15) is 45.4 Å². The Balaban J connectivity index is 1.53. The summed E-state index contributed by atoms with van der Waals surface area (Å²) in [4.78, 5) is 0. The van der Waals surface area contributed by atoms with Gasteiger partial charge in [0.1, 0.15) is 0 Å². The summed E-state index contributed by atoms with van der Waals surface area (Å²) in [6.45, 7) is 1.10. The van der Waals surface area contributed by atoms with Gasteiger partial charge in [-0.1, -0.05) is 0 Å². The van der Waals surface area contributed by atoms with Crippen LogP contribution in [0.25, 0.3) is 0 Å². The van der Waals surface area contributed by atoms with Crippen LogP contribution in [0.15, 0.2) is 0 Å². The third-order valence-electron chi connectivity index (χ3n) is 6.16. The van der Waals surface area contributed by atoms with Crippen molar-refractivity contribution < 1.29 is 8.78 Å². The topological polar surface area (TPSA) is 26.0 Å². The lowest BCUT2D eigenvalue weighted by Crippen LogP contribution is -2.85. The molecule has 6 fully saturated rings. The predicted molar refractivity (Wildman–Crippen MR) is 52.5 cm³/mol. The van der Waals surface area contributed by atoms with E-state index in [1.165, 1.54) is 0 Å². The van der Waals surface area contributed by atoms with Crippen LogP contribution in [-0.4, -0.2) is 11.5 Å². The van der Waals surface area contributed by atoms with Gasteiger partial charge >= 0.3 is 0 Å². The van der Waals surface area contributed by atoms with Crippen molar-refractivity contribution in [2.45, 2.75) is 56.9 Å². The highest BCUT2D eigenvalue weighted by molar-refractivity contribution is 5.36. The summed E-state index contributed by atoms with van der Waals surface area (Å²) in [5, 5.41) is 0. The van der Waals surface area contributed by atoms with Gasteiger partial charge < -0.3 is 5.73 Å². The van der Waals surface area contributed by atoms with Gasteiger partial charge in [0.15, 0.2) is 0 Å². The number of nitrogens with two attached hydrogens (primary N) is 1. The Hall–Kier alpha value is -0.180. The molecule has 6 rings (SSSR count). The monoisotopic (exact) mass is 213 g/mol. The van der Waals surface area contributed by atoms with Crippen LogP contribution < -0.4 is 5.73 Å². The fourth-order valence-electron chi connectivity index (χ4n) is 5.24. The van der Waals surface area contributed by atoms with Crippen LogP contribution in [-0.2, 0) is 0 Å². The molecular weight excluding hydrogens is 196 g/mol. The van der Waals surface area contributed by atoms with E-state index in [1.54, 1.807) is 0 Å². The Labute approximate surface area is 88.4 Å². The molecule has 0 aromatic heterocycles. The van der Waals surface area contributed by atoms with Crippen LogP contribution in [0, 0.1) is 16.2 Å². The van der Waals surface area contributed by atoms with E-state index < -0.39 is 11.3 Å². The lowest BCUT2D eigenvalue weighted by atomic mass is 9.18.